The second-order valence-corrected chi connectivity index (χ2v) is 4.19. The predicted molar refractivity (Wildman–Crippen MR) is 57.8 cm³/mol. The number of rotatable bonds is 4. The maximum absolute atomic E-state index is 12.6. The fourth-order valence-electron chi connectivity index (χ4n) is 1.85. The van der Waals surface area contributed by atoms with Crippen molar-refractivity contribution in [3.63, 3.8) is 0 Å². The molecule has 1 N–H and O–H groups in total. The van der Waals surface area contributed by atoms with Crippen molar-refractivity contribution in [1.29, 1.82) is 0 Å². The lowest BCUT2D eigenvalue weighted by Gasteiger charge is -2.35. The fourth-order valence-corrected chi connectivity index (χ4v) is 1.85. The molecule has 0 aliphatic heterocycles. The van der Waals surface area contributed by atoms with Gasteiger partial charge >= 0.3 is 0 Å². The van der Waals surface area contributed by atoms with Crippen LogP contribution < -0.4 is 10.1 Å². The van der Waals surface area contributed by atoms with Gasteiger partial charge in [-0.3, -0.25) is 0 Å². The molecule has 0 atom stereocenters. The number of benzene rings is 1. The first-order valence-corrected chi connectivity index (χ1v) is 5.33. The third kappa shape index (κ3) is 2.70. The number of halogens is 2. The van der Waals surface area contributed by atoms with E-state index in [0.29, 0.717) is 6.54 Å². The highest BCUT2D eigenvalue weighted by Gasteiger charge is 2.44. The van der Waals surface area contributed by atoms with Crippen molar-refractivity contribution < 1.29 is 13.5 Å². The molecule has 0 aromatic heterocycles. The van der Waals surface area contributed by atoms with E-state index < -0.39 is 5.92 Å². The summed E-state index contributed by atoms with van der Waals surface area (Å²) in [6, 6.07) is 7.56. The molecule has 0 bridgehead atoms. The van der Waals surface area contributed by atoms with Crippen LogP contribution in [0.2, 0.25) is 0 Å². The van der Waals surface area contributed by atoms with E-state index in [1.807, 2.05) is 24.3 Å². The van der Waals surface area contributed by atoms with Crippen LogP contribution in [0.25, 0.3) is 0 Å². The molecule has 0 spiro atoms. The summed E-state index contributed by atoms with van der Waals surface area (Å²) in [6.07, 6.45) is -0.0893. The second kappa shape index (κ2) is 4.37. The van der Waals surface area contributed by atoms with Crippen LogP contribution in [-0.2, 0) is 6.54 Å². The molecule has 0 radical (unpaired) electrons. The van der Waals surface area contributed by atoms with E-state index in [0.717, 1.165) is 11.3 Å². The summed E-state index contributed by atoms with van der Waals surface area (Å²) in [5.74, 6) is -1.66. The second-order valence-electron chi connectivity index (χ2n) is 4.19. The lowest BCUT2D eigenvalue weighted by Crippen LogP contribution is -2.48. The van der Waals surface area contributed by atoms with Crippen molar-refractivity contribution in [1.82, 2.24) is 5.32 Å². The first kappa shape index (κ1) is 11.3. The molecule has 0 unspecified atom stereocenters. The van der Waals surface area contributed by atoms with Crippen LogP contribution in [0.15, 0.2) is 24.3 Å². The van der Waals surface area contributed by atoms with E-state index in [1.165, 1.54) is 0 Å². The van der Waals surface area contributed by atoms with Gasteiger partial charge in [-0.05, 0) is 17.7 Å². The Morgan fingerprint density at radius 1 is 1.44 bits per heavy atom. The average Bonchev–Trinajstić information content (AvgIpc) is 2.23. The summed E-state index contributed by atoms with van der Waals surface area (Å²) in [4.78, 5) is 0. The van der Waals surface area contributed by atoms with Crippen molar-refractivity contribution in [2.45, 2.75) is 31.4 Å². The van der Waals surface area contributed by atoms with Gasteiger partial charge in [0.25, 0.3) is 5.92 Å². The predicted octanol–water partition coefficient (Wildman–Crippen LogP) is 2.58. The van der Waals surface area contributed by atoms with Crippen LogP contribution in [0.3, 0.4) is 0 Å². The number of ether oxygens (including phenoxy) is 1. The van der Waals surface area contributed by atoms with Gasteiger partial charge in [0.1, 0.15) is 5.75 Å². The molecule has 0 saturated heterocycles. The maximum Gasteiger partial charge on any atom is 0.251 e. The van der Waals surface area contributed by atoms with Crippen LogP contribution in [0.4, 0.5) is 8.78 Å². The molecule has 16 heavy (non-hydrogen) atoms. The van der Waals surface area contributed by atoms with Gasteiger partial charge in [0, 0.05) is 25.4 Å². The number of methoxy groups -OCH3 is 1. The first-order valence-electron chi connectivity index (χ1n) is 5.33. The van der Waals surface area contributed by atoms with Gasteiger partial charge in [-0.1, -0.05) is 12.1 Å². The molecule has 1 aromatic rings. The highest BCUT2D eigenvalue weighted by molar-refractivity contribution is 5.28. The van der Waals surface area contributed by atoms with Crippen LogP contribution in [0.1, 0.15) is 18.4 Å². The largest absolute Gasteiger partial charge is 0.497 e. The summed E-state index contributed by atoms with van der Waals surface area (Å²) < 4.78 is 30.2. The van der Waals surface area contributed by atoms with Gasteiger partial charge in [-0.2, -0.15) is 0 Å². The van der Waals surface area contributed by atoms with E-state index in [9.17, 15) is 8.78 Å². The van der Waals surface area contributed by atoms with Crippen molar-refractivity contribution >= 4 is 0 Å². The molecule has 2 rings (SSSR count). The Balaban J connectivity index is 1.81. The topological polar surface area (TPSA) is 21.3 Å². The lowest BCUT2D eigenvalue weighted by molar-refractivity contribution is -0.0930. The zero-order chi connectivity index (χ0) is 11.6. The number of nitrogens with one attached hydrogen (secondary N) is 1. The van der Waals surface area contributed by atoms with E-state index >= 15 is 0 Å². The van der Waals surface area contributed by atoms with E-state index in [1.54, 1.807) is 7.11 Å². The Morgan fingerprint density at radius 3 is 2.81 bits per heavy atom. The molecule has 88 valence electrons. The Morgan fingerprint density at radius 2 is 2.19 bits per heavy atom. The summed E-state index contributed by atoms with van der Waals surface area (Å²) in [5.41, 5.74) is 1.05. The normalized spacial score (nSPS) is 19.2. The van der Waals surface area contributed by atoms with E-state index in [2.05, 4.69) is 5.32 Å². The minimum absolute atomic E-state index is 0.0447. The Hall–Kier alpha value is -1.16. The first-order chi connectivity index (χ1) is 7.59. The van der Waals surface area contributed by atoms with E-state index in [-0.39, 0.29) is 18.9 Å². The smallest absolute Gasteiger partial charge is 0.251 e. The zero-order valence-electron chi connectivity index (χ0n) is 9.17. The maximum atomic E-state index is 12.6. The standard InChI is InChI=1S/C12H15F2NO/c1-16-11-4-2-3-9(5-11)8-15-10-6-12(13,14)7-10/h2-5,10,15H,6-8H2,1H3. The van der Waals surface area contributed by atoms with Crippen LogP contribution in [0.5, 0.6) is 5.75 Å². The highest BCUT2D eigenvalue weighted by Crippen LogP contribution is 2.37. The summed E-state index contributed by atoms with van der Waals surface area (Å²) >= 11 is 0. The molecule has 2 nitrogen and oxygen atoms in total. The quantitative estimate of drug-likeness (QED) is 0.853. The third-order valence-corrected chi connectivity index (χ3v) is 2.82. The number of alkyl halides is 2. The van der Waals surface area contributed by atoms with Gasteiger partial charge in [0.15, 0.2) is 0 Å². The van der Waals surface area contributed by atoms with Crippen LogP contribution >= 0.6 is 0 Å². The van der Waals surface area contributed by atoms with Gasteiger partial charge in [0.2, 0.25) is 0 Å². The van der Waals surface area contributed by atoms with Gasteiger partial charge < -0.3 is 10.1 Å². The SMILES string of the molecule is COc1cccc(CNC2CC(F)(F)C2)c1. The molecule has 1 fully saturated rings. The average molecular weight is 227 g/mol. The lowest BCUT2D eigenvalue weighted by atomic mass is 9.88. The monoisotopic (exact) mass is 227 g/mol. The molecule has 1 aliphatic rings. The molecular formula is C12H15F2NO. The molecule has 0 heterocycles. The van der Waals surface area contributed by atoms with Crippen molar-refractivity contribution in [3.05, 3.63) is 29.8 Å². The highest BCUT2D eigenvalue weighted by atomic mass is 19.3. The van der Waals surface area contributed by atoms with Gasteiger partial charge in [-0.15, -0.1) is 0 Å². The minimum atomic E-state index is -2.45. The molecule has 1 aliphatic carbocycles. The molecule has 4 heteroatoms. The Kier molecular flexibility index (Phi) is 3.10. The number of hydrogen-bond donors (Lipinski definition) is 1. The Bertz CT molecular complexity index is 360. The van der Waals surface area contributed by atoms with Crippen molar-refractivity contribution in [3.8, 4) is 5.75 Å². The Labute approximate surface area is 93.6 Å². The van der Waals surface area contributed by atoms with Crippen LogP contribution in [0, 0.1) is 0 Å². The molecule has 1 saturated carbocycles. The summed E-state index contributed by atoms with van der Waals surface area (Å²) in [6.45, 7) is 0.609. The van der Waals surface area contributed by atoms with Gasteiger partial charge in [-0.25, -0.2) is 8.78 Å². The summed E-state index contributed by atoms with van der Waals surface area (Å²) in [5, 5.41) is 3.11. The van der Waals surface area contributed by atoms with Crippen LogP contribution in [-0.4, -0.2) is 19.1 Å². The molecular weight excluding hydrogens is 212 g/mol. The van der Waals surface area contributed by atoms with E-state index in [4.69, 9.17) is 4.74 Å². The summed E-state index contributed by atoms with van der Waals surface area (Å²) in [7, 11) is 1.61. The van der Waals surface area contributed by atoms with Gasteiger partial charge in [0.05, 0.1) is 7.11 Å². The molecule has 0 amide bonds. The number of hydrogen-bond acceptors (Lipinski definition) is 2. The minimum Gasteiger partial charge on any atom is -0.497 e. The van der Waals surface area contributed by atoms with Crippen molar-refractivity contribution in [2.24, 2.45) is 0 Å². The zero-order valence-corrected chi connectivity index (χ0v) is 9.17. The molecule has 1 aromatic carbocycles. The fraction of sp³-hybridized carbons (Fsp3) is 0.500. The van der Waals surface area contributed by atoms with Crippen molar-refractivity contribution in [2.75, 3.05) is 7.11 Å². The third-order valence-electron chi connectivity index (χ3n) is 2.82.